The second-order valence-electron chi connectivity index (χ2n) is 6.24. The van der Waals surface area contributed by atoms with E-state index in [1.165, 1.54) is 19.1 Å². The number of ether oxygens (including phenoxy) is 3. The first-order valence-corrected chi connectivity index (χ1v) is 9.53. The van der Waals surface area contributed by atoms with Gasteiger partial charge in [0.25, 0.3) is 5.91 Å². The summed E-state index contributed by atoms with van der Waals surface area (Å²) in [5.74, 6) is 0.246. The van der Waals surface area contributed by atoms with E-state index in [-0.39, 0.29) is 17.1 Å². The average Bonchev–Trinajstić information content (AvgIpc) is 2.97. The zero-order valence-corrected chi connectivity index (χ0v) is 18.1. The van der Waals surface area contributed by atoms with Crippen LogP contribution in [0, 0.1) is 0 Å². The highest BCUT2D eigenvalue weighted by Crippen LogP contribution is 2.37. The molecule has 29 heavy (non-hydrogen) atoms. The summed E-state index contributed by atoms with van der Waals surface area (Å²) in [6, 6.07) is 12.5. The largest absolute Gasteiger partial charge is 0.497 e. The fourth-order valence-electron chi connectivity index (χ4n) is 3.20. The number of hydrogen-bond donors (Lipinski definition) is 0. The van der Waals surface area contributed by atoms with E-state index >= 15 is 0 Å². The fourth-order valence-corrected chi connectivity index (χ4v) is 3.59. The van der Waals surface area contributed by atoms with Gasteiger partial charge in [0.2, 0.25) is 0 Å². The average molecular weight is 458 g/mol. The molecule has 1 aliphatic heterocycles. The number of rotatable bonds is 5. The Hall–Kier alpha value is -3.06. The summed E-state index contributed by atoms with van der Waals surface area (Å²) < 4.78 is 16.4. The Morgan fingerprint density at radius 1 is 1.07 bits per heavy atom. The predicted molar refractivity (Wildman–Crippen MR) is 114 cm³/mol. The lowest BCUT2D eigenvalue weighted by atomic mass is 10.0. The van der Waals surface area contributed by atoms with Gasteiger partial charge in [0.05, 0.1) is 38.2 Å². The lowest BCUT2D eigenvalue weighted by Gasteiger charge is -2.18. The number of carbonyl (C=O) groups is 2. The minimum Gasteiger partial charge on any atom is -0.497 e. The molecule has 0 unspecified atom stereocenters. The quantitative estimate of drug-likeness (QED) is 0.493. The molecule has 0 N–H and O–H groups in total. The zero-order valence-electron chi connectivity index (χ0n) is 16.5. The highest BCUT2D eigenvalue weighted by molar-refractivity contribution is 9.10. The van der Waals surface area contributed by atoms with E-state index in [0.29, 0.717) is 28.4 Å². The van der Waals surface area contributed by atoms with Crippen molar-refractivity contribution in [3.8, 4) is 11.5 Å². The van der Waals surface area contributed by atoms with E-state index in [4.69, 9.17) is 14.2 Å². The minimum atomic E-state index is -0.577. The Kier molecular flexibility index (Phi) is 6.08. The van der Waals surface area contributed by atoms with Crippen LogP contribution in [0.2, 0.25) is 0 Å². The van der Waals surface area contributed by atoms with Crippen molar-refractivity contribution in [1.82, 2.24) is 0 Å². The molecular formula is C22H20BrNO5. The van der Waals surface area contributed by atoms with Crippen molar-refractivity contribution < 1.29 is 23.8 Å². The predicted octanol–water partition coefficient (Wildman–Crippen LogP) is 4.34. The number of amides is 1. The van der Waals surface area contributed by atoms with Gasteiger partial charge in [0, 0.05) is 21.8 Å². The Bertz CT molecular complexity index is 1040. The molecule has 1 aliphatic rings. The first kappa shape index (κ1) is 20.7. The van der Waals surface area contributed by atoms with Gasteiger partial charge in [-0.25, -0.2) is 4.79 Å². The maximum absolute atomic E-state index is 13.3. The number of carbonyl (C=O) groups excluding carboxylic acids is 2. The van der Waals surface area contributed by atoms with Gasteiger partial charge < -0.3 is 14.2 Å². The van der Waals surface area contributed by atoms with E-state index in [2.05, 4.69) is 15.9 Å². The second kappa shape index (κ2) is 8.53. The number of allylic oxidation sites excluding steroid dienone is 1. The molecule has 0 spiro atoms. The molecule has 0 radical (unpaired) electrons. The van der Waals surface area contributed by atoms with Crippen molar-refractivity contribution in [3.63, 3.8) is 0 Å². The lowest BCUT2D eigenvalue weighted by molar-refractivity contribution is -0.136. The summed E-state index contributed by atoms with van der Waals surface area (Å²) >= 11 is 3.42. The minimum absolute atomic E-state index is 0.218. The molecular weight excluding hydrogens is 438 g/mol. The number of benzene rings is 2. The van der Waals surface area contributed by atoms with Crippen LogP contribution in [-0.2, 0) is 14.3 Å². The van der Waals surface area contributed by atoms with Gasteiger partial charge in [0.15, 0.2) is 0 Å². The zero-order chi connectivity index (χ0) is 21.1. The highest BCUT2D eigenvalue weighted by Gasteiger charge is 2.38. The maximum Gasteiger partial charge on any atom is 0.340 e. The van der Waals surface area contributed by atoms with Crippen LogP contribution < -0.4 is 14.4 Å². The van der Waals surface area contributed by atoms with Crippen LogP contribution in [-0.4, -0.2) is 33.2 Å². The molecule has 1 amide bonds. The van der Waals surface area contributed by atoms with Gasteiger partial charge in [-0.3, -0.25) is 9.69 Å². The summed E-state index contributed by atoms with van der Waals surface area (Å²) in [5, 5.41) is 0. The van der Waals surface area contributed by atoms with E-state index in [0.717, 1.165) is 4.47 Å². The van der Waals surface area contributed by atoms with Crippen molar-refractivity contribution in [3.05, 3.63) is 69.3 Å². The summed E-state index contributed by atoms with van der Waals surface area (Å²) in [6.07, 6.45) is 1.63. The first-order valence-electron chi connectivity index (χ1n) is 8.74. The van der Waals surface area contributed by atoms with Crippen LogP contribution in [0.15, 0.2) is 63.8 Å². The van der Waals surface area contributed by atoms with Crippen LogP contribution in [0.5, 0.6) is 11.5 Å². The third-order valence-corrected chi connectivity index (χ3v) is 5.09. The highest BCUT2D eigenvalue weighted by atomic mass is 79.9. The van der Waals surface area contributed by atoms with E-state index in [1.807, 2.05) is 18.2 Å². The van der Waals surface area contributed by atoms with Gasteiger partial charge in [-0.1, -0.05) is 22.0 Å². The summed E-state index contributed by atoms with van der Waals surface area (Å²) in [7, 11) is 4.38. The molecule has 0 aromatic heterocycles. The Balaban J connectivity index is 2.16. The van der Waals surface area contributed by atoms with Crippen LogP contribution >= 0.6 is 15.9 Å². The van der Waals surface area contributed by atoms with Crippen molar-refractivity contribution in [1.29, 1.82) is 0 Å². The third kappa shape index (κ3) is 3.91. The molecule has 1 heterocycles. The summed E-state index contributed by atoms with van der Waals surface area (Å²) in [6.45, 7) is 1.72. The molecule has 150 valence electrons. The Labute approximate surface area is 177 Å². The number of anilines is 1. The van der Waals surface area contributed by atoms with Gasteiger partial charge in [-0.05, 0) is 43.3 Å². The van der Waals surface area contributed by atoms with Crippen LogP contribution in [0.1, 0.15) is 12.5 Å². The first-order chi connectivity index (χ1) is 13.9. The van der Waals surface area contributed by atoms with E-state index < -0.39 is 5.97 Å². The van der Waals surface area contributed by atoms with Gasteiger partial charge in [0.1, 0.15) is 11.5 Å². The van der Waals surface area contributed by atoms with Crippen LogP contribution in [0.3, 0.4) is 0 Å². The van der Waals surface area contributed by atoms with Crippen molar-refractivity contribution >= 4 is 39.6 Å². The molecule has 0 aliphatic carbocycles. The smallest absolute Gasteiger partial charge is 0.340 e. The van der Waals surface area contributed by atoms with Gasteiger partial charge in [-0.15, -0.1) is 0 Å². The molecule has 7 heteroatoms. The SMILES string of the molecule is COC(=O)C1=C(C)N(c2cccc(Br)c2)C(=O)/C1=C\c1ccc(OC)cc1OC. The Morgan fingerprint density at radius 2 is 1.83 bits per heavy atom. The van der Waals surface area contributed by atoms with Crippen molar-refractivity contribution in [2.75, 3.05) is 26.2 Å². The van der Waals surface area contributed by atoms with E-state index in [1.54, 1.807) is 44.4 Å². The Morgan fingerprint density at radius 3 is 2.45 bits per heavy atom. The number of nitrogens with zero attached hydrogens (tertiary/aromatic N) is 1. The molecule has 0 saturated heterocycles. The second-order valence-corrected chi connectivity index (χ2v) is 7.15. The maximum atomic E-state index is 13.3. The molecule has 0 bridgehead atoms. The van der Waals surface area contributed by atoms with Gasteiger partial charge in [-0.2, -0.15) is 0 Å². The number of methoxy groups -OCH3 is 3. The van der Waals surface area contributed by atoms with Gasteiger partial charge >= 0.3 is 5.97 Å². The summed E-state index contributed by atoms with van der Waals surface area (Å²) in [4.78, 5) is 27.3. The van der Waals surface area contributed by atoms with Crippen molar-refractivity contribution in [2.45, 2.75) is 6.92 Å². The topological polar surface area (TPSA) is 65.1 Å². The van der Waals surface area contributed by atoms with Crippen molar-refractivity contribution in [2.24, 2.45) is 0 Å². The monoisotopic (exact) mass is 457 g/mol. The summed E-state index contributed by atoms with van der Waals surface area (Å²) in [5.41, 5.74) is 2.24. The standard InChI is InChI=1S/C22H20BrNO5/c1-13-20(22(26)29-4)18(10-14-8-9-17(27-2)12-19(14)28-3)21(25)24(13)16-7-5-6-15(23)11-16/h5-12H,1-4H3/b18-10-. The third-order valence-electron chi connectivity index (χ3n) is 4.60. The molecule has 3 rings (SSSR count). The molecule has 2 aromatic carbocycles. The van der Waals surface area contributed by atoms with Crippen LogP contribution in [0.25, 0.3) is 6.08 Å². The molecule has 2 aromatic rings. The molecule has 0 fully saturated rings. The molecule has 0 saturated carbocycles. The number of hydrogen-bond acceptors (Lipinski definition) is 5. The normalized spacial score (nSPS) is 15.1. The van der Waals surface area contributed by atoms with E-state index in [9.17, 15) is 9.59 Å². The molecule has 6 nitrogen and oxygen atoms in total. The number of esters is 1. The fraction of sp³-hybridized carbons (Fsp3) is 0.182. The number of halogens is 1. The van der Waals surface area contributed by atoms with Crippen LogP contribution in [0.4, 0.5) is 5.69 Å². The molecule has 0 atom stereocenters. The lowest BCUT2D eigenvalue weighted by Crippen LogP contribution is -2.24.